The maximum atomic E-state index is 13.3. The van der Waals surface area contributed by atoms with Crippen LogP contribution in [0.1, 0.15) is 38.5 Å². The average Bonchev–Trinajstić information content (AvgIpc) is 3.23. The minimum Gasteiger partial charge on any atom is -0.494 e. The third kappa shape index (κ3) is 4.09. The molecule has 1 aliphatic rings. The zero-order valence-electron chi connectivity index (χ0n) is 15.2. The van der Waals surface area contributed by atoms with Crippen molar-refractivity contribution >= 4 is 10.0 Å². The van der Waals surface area contributed by atoms with Gasteiger partial charge in [0.15, 0.2) is 0 Å². The lowest BCUT2D eigenvalue weighted by molar-refractivity contribution is 0.256. The molecule has 27 heavy (non-hydrogen) atoms. The number of ether oxygens (including phenoxy) is 1. The normalized spacial score (nSPS) is 15.6. The highest BCUT2D eigenvalue weighted by Crippen LogP contribution is 2.31. The second-order valence-corrected chi connectivity index (χ2v) is 8.29. The summed E-state index contributed by atoms with van der Waals surface area (Å²) in [6.45, 7) is 0.195. The predicted octanol–water partition coefficient (Wildman–Crippen LogP) is 1.91. The molecule has 0 amide bonds. The van der Waals surface area contributed by atoms with E-state index in [9.17, 15) is 8.42 Å². The van der Waals surface area contributed by atoms with E-state index in [1.165, 1.54) is 34.6 Å². The first-order valence-electron chi connectivity index (χ1n) is 8.88. The van der Waals surface area contributed by atoms with Crippen LogP contribution in [0, 0.1) is 11.3 Å². The molecule has 1 aliphatic carbocycles. The fourth-order valence-corrected chi connectivity index (χ4v) is 5.14. The second kappa shape index (κ2) is 8.45. The highest BCUT2D eigenvalue weighted by atomic mass is 32.2. The zero-order chi connectivity index (χ0) is 19.3. The first-order valence-corrected chi connectivity index (χ1v) is 10.3. The van der Waals surface area contributed by atoms with Crippen LogP contribution < -0.4 is 4.74 Å². The van der Waals surface area contributed by atoms with Crippen LogP contribution in [0.4, 0.5) is 0 Å². The molecule has 0 bridgehead atoms. The van der Waals surface area contributed by atoms with Gasteiger partial charge < -0.3 is 4.74 Å². The van der Waals surface area contributed by atoms with Gasteiger partial charge in [-0.3, -0.25) is 0 Å². The summed E-state index contributed by atoms with van der Waals surface area (Å²) in [6.07, 6.45) is 6.35. The number of benzene rings is 1. The molecule has 1 fully saturated rings. The molecule has 144 valence electrons. The number of hydrogen-bond acceptors (Lipinski definition) is 7. The second-order valence-electron chi connectivity index (χ2n) is 6.40. The number of sulfonamides is 1. The van der Waals surface area contributed by atoms with E-state index in [0.29, 0.717) is 11.4 Å². The SMILES string of the molecule is COc1cc(S(=O)(=O)N(CCC#N)C2CCCCC2)ccc1-n1cnnn1. The standard InChI is InChI=1S/C17H22N6O3S/c1-26-17-12-15(8-9-16(17)22-13-19-20-21-22)27(24,25)23(11-5-10-18)14-6-3-2-4-7-14/h8-9,12-14H,2-7,11H2,1H3. The molecule has 10 heteroatoms. The number of nitriles is 1. The molecule has 0 saturated heterocycles. The van der Waals surface area contributed by atoms with Crippen molar-refractivity contribution in [2.75, 3.05) is 13.7 Å². The van der Waals surface area contributed by atoms with E-state index in [1.807, 2.05) is 0 Å². The highest BCUT2D eigenvalue weighted by Gasteiger charge is 2.32. The van der Waals surface area contributed by atoms with E-state index in [-0.39, 0.29) is 23.9 Å². The molecule has 1 saturated carbocycles. The van der Waals surface area contributed by atoms with Crippen LogP contribution in [0.5, 0.6) is 5.75 Å². The lowest BCUT2D eigenvalue weighted by Gasteiger charge is -2.33. The van der Waals surface area contributed by atoms with Crippen molar-refractivity contribution in [2.24, 2.45) is 0 Å². The minimum absolute atomic E-state index is 0.0673. The molecular weight excluding hydrogens is 368 g/mol. The van der Waals surface area contributed by atoms with Crippen LogP contribution in [-0.2, 0) is 10.0 Å². The Hall–Kier alpha value is -2.51. The quantitative estimate of drug-likeness (QED) is 0.709. The summed E-state index contributed by atoms with van der Waals surface area (Å²) in [4.78, 5) is 0.139. The van der Waals surface area contributed by atoms with Crippen LogP contribution >= 0.6 is 0 Å². The fraction of sp³-hybridized carbons (Fsp3) is 0.529. The summed E-state index contributed by atoms with van der Waals surface area (Å²) in [6, 6.07) is 6.61. The van der Waals surface area contributed by atoms with E-state index < -0.39 is 10.0 Å². The molecular formula is C17H22N6O3S. The van der Waals surface area contributed by atoms with Gasteiger partial charge >= 0.3 is 0 Å². The van der Waals surface area contributed by atoms with Gasteiger partial charge in [0.1, 0.15) is 17.8 Å². The number of nitrogens with zero attached hydrogens (tertiary/aromatic N) is 6. The molecule has 2 aromatic rings. The lowest BCUT2D eigenvalue weighted by atomic mass is 9.95. The van der Waals surface area contributed by atoms with E-state index in [0.717, 1.165) is 32.1 Å². The molecule has 0 spiro atoms. The highest BCUT2D eigenvalue weighted by molar-refractivity contribution is 7.89. The monoisotopic (exact) mass is 390 g/mol. The zero-order valence-corrected chi connectivity index (χ0v) is 16.0. The summed E-state index contributed by atoms with van der Waals surface area (Å²) in [5.74, 6) is 0.354. The molecule has 0 unspecified atom stereocenters. The van der Waals surface area contributed by atoms with Gasteiger partial charge in [-0.1, -0.05) is 19.3 Å². The molecule has 1 heterocycles. The van der Waals surface area contributed by atoms with Crippen LogP contribution in [0.3, 0.4) is 0 Å². The Balaban J connectivity index is 1.97. The van der Waals surface area contributed by atoms with E-state index in [1.54, 1.807) is 6.07 Å². The summed E-state index contributed by atoms with van der Waals surface area (Å²) >= 11 is 0. The molecule has 0 atom stereocenters. The van der Waals surface area contributed by atoms with Gasteiger partial charge in [0.05, 0.1) is 18.1 Å². The van der Waals surface area contributed by atoms with Gasteiger partial charge in [-0.15, -0.1) is 5.10 Å². The van der Waals surface area contributed by atoms with Crippen molar-refractivity contribution in [3.05, 3.63) is 24.5 Å². The summed E-state index contributed by atoms with van der Waals surface area (Å²) in [5.41, 5.74) is 0.544. The molecule has 9 nitrogen and oxygen atoms in total. The van der Waals surface area contributed by atoms with Crippen molar-refractivity contribution in [1.29, 1.82) is 5.26 Å². The number of methoxy groups -OCH3 is 1. The Morgan fingerprint density at radius 3 is 2.74 bits per heavy atom. The third-order valence-electron chi connectivity index (χ3n) is 4.78. The minimum atomic E-state index is -3.75. The van der Waals surface area contributed by atoms with E-state index in [4.69, 9.17) is 10.00 Å². The van der Waals surface area contributed by atoms with Crippen LogP contribution in [0.2, 0.25) is 0 Å². The van der Waals surface area contributed by atoms with Gasteiger partial charge in [0, 0.05) is 25.1 Å². The van der Waals surface area contributed by atoms with Crippen LogP contribution in [0.25, 0.3) is 5.69 Å². The first-order chi connectivity index (χ1) is 13.1. The van der Waals surface area contributed by atoms with Gasteiger partial charge in [-0.05, 0) is 35.4 Å². The molecule has 0 radical (unpaired) electrons. The van der Waals surface area contributed by atoms with Gasteiger partial charge in [0.25, 0.3) is 0 Å². The molecule has 0 aliphatic heterocycles. The van der Waals surface area contributed by atoms with Crippen LogP contribution in [0.15, 0.2) is 29.4 Å². The predicted molar refractivity (Wildman–Crippen MR) is 96.7 cm³/mol. The molecule has 1 aromatic carbocycles. The Kier molecular flexibility index (Phi) is 6.03. The molecule has 3 rings (SSSR count). The maximum Gasteiger partial charge on any atom is 0.243 e. The van der Waals surface area contributed by atoms with E-state index >= 15 is 0 Å². The van der Waals surface area contributed by atoms with Crippen molar-refractivity contribution in [3.8, 4) is 17.5 Å². The molecule has 0 N–H and O–H groups in total. The Labute approximate surface area is 158 Å². The maximum absolute atomic E-state index is 13.3. The molecule has 1 aromatic heterocycles. The van der Waals surface area contributed by atoms with Crippen molar-refractivity contribution < 1.29 is 13.2 Å². The van der Waals surface area contributed by atoms with Gasteiger partial charge in [0.2, 0.25) is 10.0 Å². The van der Waals surface area contributed by atoms with Crippen molar-refractivity contribution in [1.82, 2.24) is 24.5 Å². The Morgan fingerprint density at radius 2 is 2.11 bits per heavy atom. The van der Waals surface area contributed by atoms with Gasteiger partial charge in [-0.25, -0.2) is 8.42 Å². The Morgan fingerprint density at radius 1 is 1.33 bits per heavy atom. The smallest absolute Gasteiger partial charge is 0.243 e. The number of rotatable bonds is 7. The number of hydrogen-bond donors (Lipinski definition) is 0. The van der Waals surface area contributed by atoms with Crippen molar-refractivity contribution in [3.63, 3.8) is 0 Å². The third-order valence-corrected chi connectivity index (χ3v) is 6.73. The van der Waals surface area contributed by atoms with Crippen LogP contribution in [-0.4, -0.2) is 52.6 Å². The topological polar surface area (TPSA) is 114 Å². The average molecular weight is 390 g/mol. The number of tetrazole rings is 1. The summed E-state index contributed by atoms with van der Waals surface area (Å²) in [7, 11) is -2.28. The van der Waals surface area contributed by atoms with Gasteiger partial charge in [-0.2, -0.15) is 14.2 Å². The first kappa shape index (κ1) is 19.3. The van der Waals surface area contributed by atoms with Crippen molar-refractivity contribution in [2.45, 2.75) is 49.5 Å². The lowest BCUT2D eigenvalue weighted by Crippen LogP contribution is -2.42. The number of aromatic nitrogens is 4. The largest absolute Gasteiger partial charge is 0.494 e. The summed E-state index contributed by atoms with van der Waals surface area (Å²) < 4.78 is 34.9. The Bertz CT molecular complexity index is 901. The fourth-order valence-electron chi connectivity index (χ4n) is 3.44. The summed E-state index contributed by atoms with van der Waals surface area (Å²) in [5, 5.41) is 20.0. The van der Waals surface area contributed by atoms with E-state index in [2.05, 4.69) is 21.6 Å².